The first kappa shape index (κ1) is 20.8. The molecular formula is C24H23N3O4S. The summed E-state index contributed by atoms with van der Waals surface area (Å²) in [5.74, 6) is -0.533. The fourth-order valence-electron chi connectivity index (χ4n) is 5.42. The molecule has 8 heteroatoms. The number of rotatable bonds is 6. The highest BCUT2D eigenvalue weighted by molar-refractivity contribution is 7.13. The van der Waals surface area contributed by atoms with E-state index in [9.17, 15) is 14.9 Å². The molecule has 0 saturated carbocycles. The van der Waals surface area contributed by atoms with Crippen LogP contribution in [-0.4, -0.2) is 22.4 Å². The first-order chi connectivity index (χ1) is 15.4. The molecular weight excluding hydrogens is 426 g/mol. The molecule has 0 aliphatic heterocycles. The summed E-state index contributed by atoms with van der Waals surface area (Å²) in [6.07, 6.45) is 0.0920. The molecule has 6 rings (SSSR count). The van der Waals surface area contributed by atoms with Gasteiger partial charge in [-0.25, -0.2) is 4.98 Å². The van der Waals surface area contributed by atoms with Crippen LogP contribution in [0.25, 0.3) is 0 Å². The van der Waals surface area contributed by atoms with Crippen LogP contribution in [0.4, 0.5) is 5.13 Å². The van der Waals surface area contributed by atoms with E-state index < -0.39 is 11.0 Å². The fraction of sp³-hybridized carbons (Fsp3) is 0.333. The zero-order valence-electron chi connectivity index (χ0n) is 17.8. The lowest BCUT2D eigenvalue weighted by Gasteiger charge is -2.52. The topological polar surface area (TPSA) is 94.4 Å². The smallest absolute Gasteiger partial charge is 0.273 e. The van der Waals surface area contributed by atoms with Crippen LogP contribution >= 0.6 is 11.3 Å². The summed E-state index contributed by atoms with van der Waals surface area (Å²) in [7, 11) is 0. The molecule has 32 heavy (non-hydrogen) atoms. The van der Waals surface area contributed by atoms with Crippen molar-refractivity contribution in [2.45, 2.75) is 38.3 Å². The van der Waals surface area contributed by atoms with Gasteiger partial charge in [0.1, 0.15) is 0 Å². The van der Waals surface area contributed by atoms with E-state index in [1.807, 2.05) is 67.8 Å². The van der Waals surface area contributed by atoms with Gasteiger partial charge in [-0.1, -0.05) is 48.5 Å². The van der Waals surface area contributed by atoms with Crippen molar-refractivity contribution >= 4 is 22.4 Å². The maximum Gasteiger partial charge on any atom is 0.273 e. The number of hydrogen-bond acceptors (Lipinski definition) is 6. The van der Waals surface area contributed by atoms with Gasteiger partial charge >= 0.3 is 0 Å². The van der Waals surface area contributed by atoms with E-state index in [1.165, 1.54) is 11.3 Å². The molecule has 0 saturated heterocycles. The molecule has 1 aromatic heterocycles. The highest BCUT2D eigenvalue weighted by Crippen LogP contribution is 2.63. The van der Waals surface area contributed by atoms with Gasteiger partial charge in [0.25, 0.3) is 5.54 Å². The minimum absolute atomic E-state index is 0.0920. The van der Waals surface area contributed by atoms with Gasteiger partial charge in [0, 0.05) is 40.4 Å². The average molecular weight is 450 g/mol. The fourth-order valence-corrected chi connectivity index (χ4v) is 6.11. The van der Waals surface area contributed by atoms with Gasteiger partial charge in [0.15, 0.2) is 5.13 Å². The van der Waals surface area contributed by atoms with Crippen LogP contribution in [0, 0.1) is 15.5 Å². The number of ether oxygens (including phenoxy) is 1. The summed E-state index contributed by atoms with van der Waals surface area (Å²) in [5.41, 5.74) is 1.35. The third-order valence-corrected chi connectivity index (χ3v) is 7.56. The number of carbonyl (C=O) groups excluding carboxylic acids is 1. The van der Waals surface area contributed by atoms with Crippen LogP contribution < -0.4 is 5.32 Å². The van der Waals surface area contributed by atoms with E-state index in [0.29, 0.717) is 29.5 Å². The number of aromatic nitrogens is 1. The molecule has 7 nitrogen and oxygen atoms in total. The Labute approximate surface area is 189 Å². The van der Waals surface area contributed by atoms with Crippen molar-refractivity contribution in [3.8, 4) is 0 Å². The number of nitrogens with one attached hydrogen (secondary N) is 1. The molecule has 3 aliphatic carbocycles. The van der Waals surface area contributed by atoms with Crippen molar-refractivity contribution in [3.63, 3.8) is 0 Å². The molecule has 1 N–H and O–H groups in total. The second kappa shape index (κ2) is 7.50. The van der Waals surface area contributed by atoms with Crippen molar-refractivity contribution in [2.75, 3.05) is 11.9 Å². The summed E-state index contributed by atoms with van der Waals surface area (Å²) in [4.78, 5) is 30.6. The van der Waals surface area contributed by atoms with Crippen molar-refractivity contribution in [2.24, 2.45) is 5.41 Å². The summed E-state index contributed by atoms with van der Waals surface area (Å²) in [6.45, 7) is 4.72. The van der Waals surface area contributed by atoms with E-state index >= 15 is 0 Å². The van der Waals surface area contributed by atoms with Gasteiger partial charge in [0.05, 0.1) is 17.7 Å². The number of anilines is 1. The Balaban J connectivity index is 1.59. The zero-order valence-corrected chi connectivity index (χ0v) is 18.6. The molecule has 164 valence electrons. The second-order valence-electron chi connectivity index (χ2n) is 8.55. The van der Waals surface area contributed by atoms with Crippen molar-refractivity contribution in [1.29, 1.82) is 0 Å². The minimum atomic E-state index is -1.46. The van der Waals surface area contributed by atoms with Crippen LogP contribution in [0.3, 0.4) is 0 Å². The molecule has 2 aromatic carbocycles. The molecule has 3 aromatic rings. The van der Waals surface area contributed by atoms with Crippen LogP contribution in [0.15, 0.2) is 53.9 Å². The van der Waals surface area contributed by atoms with Crippen LogP contribution in [-0.2, 0) is 21.7 Å². The standard InChI is InChI=1S/C24H23N3O4S/c1-3-31-12-15-13-32-22(25-15)26-21(28)23(2)14-24(27(29)30)18-10-6-4-8-16(18)20(23)17-9-5-7-11-19(17)24/h4-11,13,20H,3,12,14H2,1-2H3,(H,25,26,28). The van der Waals surface area contributed by atoms with Crippen molar-refractivity contribution in [1.82, 2.24) is 4.98 Å². The number of hydrogen-bond donors (Lipinski definition) is 1. The summed E-state index contributed by atoms with van der Waals surface area (Å²) in [6, 6.07) is 14.9. The lowest BCUT2D eigenvalue weighted by Crippen LogP contribution is -2.57. The number of amides is 1. The third kappa shape index (κ3) is 2.83. The average Bonchev–Trinajstić information content (AvgIpc) is 3.24. The quantitative estimate of drug-likeness (QED) is 0.435. The molecule has 2 bridgehead atoms. The molecule has 1 unspecified atom stereocenters. The van der Waals surface area contributed by atoms with Gasteiger partial charge < -0.3 is 10.1 Å². The molecule has 0 spiro atoms. The maximum atomic E-state index is 13.7. The monoisotopic (exact) mass is 449 g/mol. The van der Waals surface area contributed by atoms with Gasteiger partial charge in [-0.05, 0) is 25.0 Å². The number of carbonyl (C=O) groups is 1. The molecule has 3 aliphatic rings. The molecule has 0 fully saturated rings. The van der Waals surface area contributed by atoms with E-state index in [2.05, 4.69) is 10.3 Å². The second-order valence-corrected chi connectivity index (χ2v) is 9.41. The van der Waals surface area contributed by atoms with Gasteiger partial charge in [-0.3, -0.25) is 14.9 Å². The maximum absolute atomic E-state index is 13.7. The number of nitro groups is 1. The zero-order chi connectivity index (χ0) is 22.5. The van der Waals surface area contributed by atoms with Crippen molar-refractivity contribution < 1.29 is 14.5 Å². The highest BCUT2D eigenvalue weighted by Gasteiger charge is 2.67. The van der Waals surface area contributed by atoms with Crippen LogP contribution in [0.1, 0.15) is 54.1 Å². The summed E-state index contributed by atoms with van der Waals surface area (Å²) < 4.78 is 5.39. The summed E-state index contributed by atoms with van der Waals surface area (Å²) >= 11 is 1.33. The van der Waals surface area contributed by atoms with E-state index in [4.69, 9.17) is 4.74 Å². The number of benzene rings is 2. The van der Waals surface area contributed by atoms with E-state index in [1.54, 1.807) is 0 Å². The lowest BCUT2D eigenvalue weighted by molar-refractivity contribution is -0.573. The van der Waals surface area contributed by atoms with Crippen LogP contribution in [0.2, 0.25) is 0 Å². The Morgan fingerprint density at radius 2 is 1.84 bits per heavy atom. The number of fused-ring (bicyclic) bond motifs is 1. The first-order valence-electron chi connectivity index (χ1n) is 10.6. The van der Waals surface area contributed by atoms with Gasteiger partial charge in [-0.2, -0.15) is 0 Å². The Bertz CT molecular complexity index is 1180. The van der Waals surface area contributed by atoms with Crippen LogP contribution in [0.5, 0.6) is 0 Å². The highest BCUT2D eigenvalue weighted by atomic mass is 32.1. The SMILES string of the molecule is CCOCc1csc(NC(=O)C2(C)CC3([N+](=O)[O-])c4ccccc4C2c2ccccc23)n1. The largest absolute Gasteiger partial charge is 0.375 e. The summed E-state index contributed by atoms with van der Waals surface area (Å²) in [5, 5.41) is 17.9. The van der Waals surface area contributed by atoms with Crippen molar-refractivity contribution in [3.05, 3.63) is 92.0 Å². The Hall–Kier alpha value is -3.10. The van der Waals surface area contributed by atoms with E-state index in [-0.39, 0.29) is 23.2 Å². The number of nitrogens with zero attached hydrogens (tertiary/aromatic N) is 2. The minimum Gasteiger partial charge on any atom is -0.375 e. The molecule has 1 atom stereocenters. The third-order valence-electron chi connectivity index (χ3n) is 6.75. The Morgan fingerprint density at radius 1 is 1.22 bits per heavy atom. The van der Waals surface area contributed by atoms with E-state index in [0.717, 1.165) is 16.8 Å². The van der Waals surface area contributed by atoms with Gasteiger partial charge in [-0.15, -0.1) is 11.3 Å². The molecule has 1 amide bonds. The molecule has 0 radical (unpaired) electrons. The Kier molecular flexibility index (Phi) is 4.87. The lowest BCUT2D eigenvalue weighted by atomic mass is 9.49. The molecule has 1 heterocycles. The first-order valence-corrected chi connectivity index (χ1v) is 11.5. The normalized spacial score (nSPS) is 25.1. The Morgan fingerprint density at radius 3 is 2.44 bits per heavy atom. The number of thiazole rings is 1. The van der Waals surface area contributed by atoms with Gasteiger partial charge in [0.2, 0.25) is 5.91 Å². The predicted molar refractivity (Wildman–Crippen MR) is 121 cm³/mol. The predicted octanol–water partition coefficient (Wildman–Crippen LogP) is 4.69.